The van der Waals surface area contributed by atoms with Gasteiger partial charge in [0.25, 0.3) is 11.5 Å². The van der Waals surface area contributed by atoms with Crippen LogP contribution < -0.4 is 16.0 Å². The van der Waals surface area contributed by atoms with Crippen LogP contribution in [0.5, 0.6) is 5.75 Å². The number of hydrogen-bond donors (Lipinski definition) is 1. The van der Waals surface area contributed by atoms with Crippen molar-refractivity contribution in [3.8, 4) is 5.75 Å². The van der Waals surface area contributed by atoms with Gasteiger partial charge in [-0.25, -0.2) is 4.98 Å². The van der Waals surface area contributed by atoms with E-state index in [1.807, 2.05) is 13.0 Å². The smallest absolute Gasteiger partial charge is 0.282 e. The fraction of sp³-hybridized carbons (Fsp3) is 0.200. The first-order valence-electron chi connectivity index (χ1n) is 8.95. The molecule has 0 aliphatic carbocycles. The third-order valence-corrected chi connectivity index (χ3v) is 5.11. The first-order chi connectivity index (χ1) is 14.3. The normalized spacial score (nSPS) is 11.3. The number of rotatable bonds is 7. The van der Waals surface area contributed by atoms with Gasteiger partial charge >= 0.3 is 0 Å². The van der Waals surface area contributed by atoms with Crippen LogP contribution in [0, 0.1) is 0 Å². The molecule has 0 unspecified atom stereocenters. The molecule has 3 aromatic rings. The summed E-state index contributed by atoms with van der Waals surface area (Å²) in [6, 6.07) is 8.46. The topological polar surface area (TPSA) is 99.6 Å². The summed E-state index contributed by atoms with van der Waals surface area (Å²) in [7, 11) is 0. The minimum Gasteiger partial charge on any atom is -0.481 e. The van der Waals surface area contributed by atoms with Gasteiger partial charge in [0.05, 0.1) is 27.2 Å². The number of ether oxygens (including phenoxy) is 1. The van der Waals surface area contributed by atoms with Crippen LogP contribution in [-0.2, 0) is 11.2 Å². The van der Waals surface area contributed by atoms with E-state index in [1.165, 1.54) is 10.9 Å². The van der Waals surface area contributed by atoms with Crippen molar-refractivity contribution in [2.24, 2.45) is 10.8 Å². The Morgan fingerprint density at radius 1 is 1.30 bits per heavy atom. The molecule has 0 aliphatic heterocycles. The number of amides is 1. The van der Waals surface area contributed by atoms with Gasteiger partial charge in [0, 0.05) is 10.9 Å². The van der Waals surface area contributed by atoms with Crippen LogP contribution in [0.2, 0.25) is 10.0 Å². The Balaban J connectivity index is 2.03. The second-order valence-corrected chi connectivity index (χ2v) is 8.10. The molecule has 30 heavy (non-hydrogen) atoms. The van der Waals surface area contributed by atoms with Gasteiger partial charge in [-0.05, 0) is 42.3 Å². The number of carbonyl (C=O) groups excluding carboxylic acids is 1. The third kappa shape index (κ3) is 5.00. The SMILES string of the molecule is CCCc1nc2ccc(Br)cc2c(=O)n1N=Cc1cc(Cl)c(OCC(N)=O)c(Cl)c1. The van der Waals surface area contributed by atoms with Crippen molar-refractivity contribution in [1.29, 1.82) is 0 Å². The maximum Gasteiger partial charge on any atom is 0.282 e. The first kappa shape index (κ1) is 22.3. The lowest BCUT2D eigenvalue weighted by Gasteiger charge is -2.10. The number of nitrogens with two attached hydrogens (primary N) is 1. The van der Waals surface area contributed by atoms with Crippen LogP contribution in [0.3, 0.4) is 0 Å². The summed E-state index contributed by atoms with van der Waals surface area (Å²) in [5.41, 5.74) is 5.95. The Labute approximate surface area is 190 Å². The molecule has 156 valence electrons. The summed E-state index contributed by atoms with van der Waals surface area (Å²) in [4.78, 5) is 28.5. The Hall–Kier alpha value is -2.42. The Bertz CT molecular complexity index is 1190. The predicted molar refractivity (Wildman–Crippen MR) is 122 cm³/mol. The molecule has 1 aromatic heterocycles. The molecular weight excluding hydrogens is 495 g/mol. The predicted octanol–water partition coefficient (Wildman–Crippen LogP) is 4.16. The van der Waals surface area contributed by atoms with Crippen molar-refractivity contribution in [1.82, 2.24) is 9.66 Å². The molecule has 0 radical (unpaired) electrons. The maximum atomic E-state index is 13.0. The number of carbonyl (C=O) groups is 1. The molecule has 0 saturated heterocycles. The first-order valence-corrected chi connectivity index (χ1v) is 10.5. The second kappa shape index (κ2) is 9.59. The lowest BCUT2D eigenvalue weighted by molar-refractivity contribution is -0.119. The lowest BCUT2D eigenvalue weighted by atomic mass is 10.2. The Morgan fingerprint density at radius 3 is 2.63 bits per heavy atom. The highest BCUT2D eigenvalue weighted by atomic mass is 79.9. The standard InChI is InChI=1S/C20H17BrCl2N4O3/c1-2-3-18-26-16-5-4-12(21)8-13(16)20(29)27(18)25-9-11-6-14(22)19(15(23)7-11)30-10-17(24)28/h4-9H,2-3,10H2,1H3,(H2,24,28). The van der Waals surface area contributed by atoms with E-state index in [1.54, 1.807) is 24.3 Å². The second-order valence-electron chi connectivity index (χ2n) is 6.37. The van der Waals surface area contributed by atoms with E-state index in [0.717, 1.165) is 10.9 Å². The molecule has 0 bridgehead atoms. The molecule has 0 atom stereocenters. The molecule has 0 aliphatic rings. The van der Waals surface area contributed by atoms with Crippen molar-refractivity contribution in [2.75, 3.05) is 6.61 Å². The molecule has 10 heteroatoms. The third-order valence-electron chi connectivity index (χ3n) is 4.05. The molecule has 7 nitrogen and oxygen atoms in total. The molecule has 0 saturated carbocycles. The average Bonchev–Trinajstić information content (AvgIpc) is 2.67. The molecule has 2 aromatic carbocycles. The zero-order chi connectivity index (χ0) is 21.8. The van der Waals surface area contributed by atoms with Crippen LogP contribution in [0.1, 0.15) is 24.7 Å². The van der Waals surface area contributed by atoms with Crippen LogP contribution in [0.4, 0.5) is 0 Å². The van der Waals surface area contributed by atoms with E-state index in [4.69, 9.17) is 33.7 Å². The van der Waals surface area contributed by atoms with E-state index in [2.05, 4.69) is 26.0 Å². The Morgan fingerprint density at radius 2 is 2.00 bits per heavy atom. The number of hydrogen-bond acceptors (Lipinski definition) is 5. The van der Waals surface area contributed by atoms with Gasteiger partial charge in [-0.2, -0.15) is 9.78 Å². The highest BCUT2D eigenvalue weighted by molar-refractivity contribution is 9.10. The maximum absolute atomic E-state index is 13.0. The van der Waals surface area contributed by atoms with Crippen molar-refractivity contribution in [2.45, 2.75) is 19.8 Å². The van der Waals surface area contributed by atoms with E-state index in [0.29, 0.717) is 28.7 Å². The summed E-state index contributed by atoms with van der Waals surface area (Å²) >= 11 is 15.8. The molecule has 0 spiro atoms. The molecule has 2 N–H and O–H groups in total. The zero-order valence-electron chi connectivity index (χ0n) is 15.9. The monoisotopic (exact) mass is 510 g/mol. The highest BCUT2D eigenvalue weighted by Crippen LogP contribution is 2.33. The lowest BCUT2D eigenvalue weighted by Crippen LogP contribution is -2.22. The number of aromatic nitrogens is 2. The summed E-state index contributed by atoms with van der Waals surface area (Å²) in [5.74, 6) is 0.0496. The number of aryl methyl sites for hydroxylation is 1. The summed E-state index contributed by atoms with van der Waals surface area (Å²) in [6.07, 6.45) is 2.84. The van der Waals surface area contributed by atoms with E-state index in [9.17, 15) is 9.59 Å². The summed E-state index contributed by atoms with van der Waals surface area (Å²) in [5, 5.41) is 5.16. The van der Waals surface area contributed by atoms with Gasteiger partial charge in [0.2, 0.25) is 0 Å². The fourth-order valence-corrected chi connectivity index (χ4v) is 3.73. The van der Waals surface area contributed by atoms with Crippen LogP contribution in [0.15, 0.2) is 44.7 Å². The number of benzene rings is 2. The Kier molecular flexibility index (Phi) is 7.12. The van der Waals surface area contributed by atoms with Crippen molar-refractivity contribution in [3.63, 3.8) is 0 Å². The van der Waals surface area contributed by atoms with Gasteiger partial charge in [-0.15, -0.1) is 0 Å². The van der Waals surface area contributed by atoms with Gasteiger partial charge < -0.3 is 10.5 Å². The van der Waals surface area contributed by atoms with Crippen molar-refractivity contribution < 1.29 is 9.53 Å². The number of primary amides is 1. The largest absolute Gasteiger partial charge is 0.481 e. The molecule has 3 rings (SSSR count). The minimum atomic E-state index is -0.647. The van der Waals surface area contributed by atoms with Crippen LogP contribution in [-0.4, -0.2) is 28.4 Å². The molecule has 1 heterocycles. The van der Waals surface area contributed by atoms with Crippen LogP contribution >= 0.6 is 39.1 Å². The summed E-state index contributed by atoms with van der Waals surface area (Å²) in [6.45, 7) is 1.65. The van der Waals surface area contributed by atoms with Gasteiger partial charge in [0.15, 0.2) is 12.4 Å². The minimum absolute atomic E-state index is 0.148. The summed E-state index contributed by atoms with van der Waals surface area (Å²) < 4.78 is 7.27. The zero-order valence-corrected chi connectivity index (χ0v) is 19.0. The van der Waals surface area contributed by atoms with Gasteiger partial charge in [0.1, 0.15) is 5.82 Å². The van der Waals surface area contributed by atoms with Gasteiger partial charge in [-0.1, -0.05) is 46.1 Å². The fourth-order valence-electron chi connectivity index (χ4n) is 2.76. The number of halogens is 3. The highest BCUT2D eigenvalue weighted by Gasteiger charge is 2.12. The quantitative estimate of drug-likeness (QED) is 0.481. The number of fused-ring (bicyclic) bond motifs is 1. The molecule has 1 amide bonds. The van der Waals surface area contributed by atoms with Crippen molar-refractivity contribution >= 4 is 62.2 Å². The molecular formula is C20H17BrCl2N4O3. The van der Waals surface area contributed by atoms with E-state index >= 15 is 0 Å². The van der Waals surface area contributed by atoms with Crippen LogP contribution in [0.25, 0.3) is 10.9 Å². The van der Waals surface area contributed by atoms with E-state index < -0.39 is 5.91 Å². The molecule has 0 fully saturated rings. The van der Waals surface area contributed by atoms with E-state index in [-0.39, 0.29) is 28.0 Å². The average molecular weight is 512 g/mol. The van der Waals surface area contributed by atoms with Gasteiger partial charge in [-0.3, -0.25) is 9.59 Å². The number of nitrogens with zero attached hydrogens (tertiary/aromatic N) is 3. The van der Waals surface area contributed by atoms with Crippen molar-refractivity contribution in [3.05, 3.63) is 66.6 Å².